The Morgan fingerprint density at radius 3 is 2.47 bits per heavy atom. The third-order valence-electron chi connectivity index (χ3n) is 1.07. The summed E-state index contributed by atoms with van der Waals surface area (Å²) in [7, 11) is -10.1. The van der Waals surface area contributed by atoms with E-state index in [1.165, 1.54) is 0 Å². The molecule has 2 atom stereocenters. The van der Waals surface area contributed by atoms with Gasteiger partial charge in [0.2, 0.25) is 0 Å². The van der Waals surface area contributed by atoms with Crippen LogP contribution in [0.25, 0.3) is 0 Å². The first-order chi connectivity index (χ1) is 8.06. The van der Waals surface area contributed by atoms with Crippen LogP contribution in [0.3, 0.4) is 0 Å². The fourth-order valence-electron chi connectivity index (χ4n) is 0.563. The molecule has 9 nitrogen and oxygen atoms in total. The number of hydrogen-bond acceptors (Lipinski definition) is 6. The van der Waals surface area contributed by atoms with Gasteiger partial charge in [-0.15, -0.1) is 0 Å². The van der Waals surface area contributed by atoms with Crippen molar-refractivity contribution >= 4 is 21.6 Å². The van der Waals surface area contributed by atoms with E-state index in [0.717, 1.165) is 6.08 Å². The number of ether oxygens (including phenoxy) is 1. The van der Waals surface area contributed by atoms with Crippen molar-refractivity contribution in [2.45, 2.75) is 6.42 Å². The lowest BCUT2D eigenvalue weighted by Crippen LogP contribution is -2.05. The van der Waals surface area contributed by atoms with Gasteiger partial charge in [-0.3, -0.25) is 4.52 Å². The van der Waals surface area contributed by atoms with E-state index in [0.29, 0.717) is 0 Å². The van der Waals surface area contributed by atoms with E-state index in [9.17, 15) is 13.9 Å². The molecule has 0 aliphatic heterocycles. The first-order valence-corrected chi connectivity index (χ1v) is 7.08. The second-order valence-corrected chi connectivity index (χ2v) is 5.30. The molecule has 11 heteroatoms. The first-order valence-electron chi connectivity index (χ1n) is 4.63. The largest absolute Gasteiger partial charge is 0.481 e. The van der Waals surface area contributed by atoms with Crippen molar-refractivity contribution in [3.8, 4) is 0 Å². The van der Waals surface area contributed by atoms with Crippen molar-refractivity contribution in [3.63, 3.8) is 0 Å². The lowest BCUT2D eigenvalue weighted by atomic mass is 10.5. The molecule has 17 heavy (non-hydrogen) atoms. The van der Waals surface area contributed by atoms with Crippen LogP contribution < -0.4 is 0 Å². The monoisotopic (exact) mass is 291 g/mol. The van der Waals surface area contributed by atoms with Gasteiger partial charge in [0, 0.05) is 12.5 Å². The molecule has 0 aliphatic carbocycles. The predicted molar refractivity (Wildman–Crippen MR) is 54.7 cm³/mol. The van der Waals surface area contributed by atoms with Gasteiger partial charge in [-0.25, -0.2) is 13.9 Å². The molecule has 0 heterocycles. The molecule has 0 rings (SSSR count). The van der Waals surface area contributed by atoms with Crippen LogP contribution in [-0.2, 0) is 27.5 Å². The average molecular weight is 291 g/mol. The fourth-order valence-corrected chi connectivity index (χ4v) is 2.16. The Hall–Kier alpha value is -0.530. The smallest absolute Gasteiger partial charge is 0.462 e. The highest BCUT2D eigenvalue weighted by Gasteiger charge is 2.31. The number of carbonyl (C=O) groups excluding carboxylic acids is 1. The summed E-state index contributed by atoms with van der Waals surface area (Å²) in [6.07, 6.45) is 0.533. The molecule has 0 fully saturated rings. The van der Waals surface area contributed by atoms with E-state index in [4.69, 9.17) is 16.1 Å². The van der Waals surface area contributed by atoms with Crippen molar-refractivity contribution in [2.24, 2.45) is 0 Å². The Bertz CT molecular complexity index is 391. The Morgan fingerprint density at radius 1 is 1.41 bits per heavy atom. The molecule has 0 aromatic carbocycles. The summed E-state index contributed by atoms with van der Waals surface area (Å²) in [6, 6.07) is 0. The molecule has 0 saturated heterocycles. The summed E-state index contributed by atoms with van der Waals surface area (Å²) >= 11 is 0. The maximum absolute atomic E-state index is 10.9. The molecule has 0 aromatic heterocycles. The van der Waals surface area contributed by atoms with E-state index in [-0.39, 0.29) is 6.42 Å². The highest BCUT2D eigenvalue weighted by Crippen LogP contribution is 2.57. The summed E-state index contributed by atoms with van der Waals surface area (Å²) in [4.78, 5) is 36.0. The number of esters is 1. The molecular formula is C6H12O9P2. The van der Waals surface area contributed by atoms with Crippen LogP contribution in [0.5, 0.6) is 0 Å². The van der Waals surface area contributed by atoms with Crippen LogP contribution in [0, 0.1) is 0 Å². The van der Waals surface area contributed by atoms with Crippen molar-refractivity contribution < 1.29 is 43.5 Å². The van der Waals surface area contributed by atoms with Gasteiger partial charge in [0.25, 0.3) is 0 Å². The maximum Gasteiger partial charge on any atom is 0.481 e. The van der Waals surface area contributed by atoms with E-state index in [1.54, 1.807) is 0 Å². The molecule has 0 bridgehead atoms. The number of rotatable bonds is 8. The first kappa shape index (κ1) is 14.5. The minimum Gasteiger partial charge on any atom is -0.462 e. The Balaban J connectivity index is 4.03. The van der Waals surface area contributed by atoms with Gasteiger partial charge >= 0.3 is 21.6 Å². The fraction of sp³-hybridized carbons (Fsp3) is 0.500. The van der Waals surface area contributed by atoms with Crippen molar-refractivity contribution in [3.05, 3.63) is 12.7 Å². The Labute approximate surface area is 98.3 Å². The van der Waals surface area contributed by atoms with Crippen LogP contribution >= 0.6 is 15.6 Å². The lowest BCUT2D eigenvalue weighted by molar-refractivity contribution is -0.137. The number of phosphoric acid groups is 2. The molecule has 100 valence electrons. The standard InChI is InChI=1S/C6H12O9P2/c1-2-6(7)13-4-3-5-14-17(11,12)15-16(8,9)10/h2H,1,3-5H2,(H,11,12)(H2,8,9,10)/i4D. The zero-order valence-corrected chi connectivity index (χ0v) is 10.3. The second kappa shape index (κ2) is 7.03. The molecule has 0 spiro atoms. The minimum atomic E-state index is -5.16. The zero-order valence-electron chi connectivity index (χ0n) is 9.46. The molecule has 2 unspecified atom stereocenters. The predicted octanol–water partition coefficient (Wildman–Crippen LogP) is 0.332. The Morgan fingerprint density at radius 2 is 2.00 bits per heavy atom. The molecule has 0 amide bonds. The third-order valence-corrected chi connectivity index (χ3v) is 3.25. The van der Waals surface area contributed by atoms with Crippen LogP contribution in [-0.4, -0.2) is 33.8 Å². The number of phosphoric ester groups is 1. The minimum absolute atomic E-state index is 0.297. The second-order valence-electron chi connectivity index (χ2n) is 2.47. The summed E-state index contributed by atoms with van der Waals surface area (Å²) in [6.45, 7) is 1.15. The van der Waals surface area contributed by atoms with Gasteiger partial charge in [0.15, 0.2) is 0 Å². The van der Waals surface area contributed by atoms with E-state index in [2.05, 4.69) is 20.2 Å². The quantitative estimate of drug-likeness (QED) is 0.328. The van der Waals surface area contributed by atoms with Gasteiger partial charge < -0.3 is 19.4 Å². The van der Waals surface area contributed by atoms with Gasteiger partial charge in [-0.1, -0.05) is 6.58 Å². The van der Waals surface area contributed by atoms with Crippen LogP contribution in [0.1, 0.15) is 7.79 Å². The summed E-state index contributed by atoms with van der Waals surface area (Å²) in [5.41, 5.74) is 0. The van der Waals surface area contributed by atoms with E-state index >= 15 is 0 Å². The Kier molecular flexibility index (Phi) is 6.01. The van der Waals surface area contributed by atoms with E-state index in [1.807, 2.05) is 0 Å². The van der Waals surface area contributed by atoms with Gasteiger partial charge in [-0.2, -0.15) is 4.31 Å². The van der Waals surface area contributed by atoms with Crippen molar-refractivity contribution in [2.75, 3.05) is 13.2 Å². The summed E-state index contributed by atoms with van der Waals surface area (Å²) < 4.78 is 40.4. The van der Waals surface area contributed by atoms with E-state index < -0.39 is 34.8 Å². The average Bonchev–Trinajstić information content (AvgIpc) is 2.12. The highest BCUT2D eigenvalue weighted by atomic mass is 31.3. The maximum atomic E-state index is 10.9. The zero-order chi connectivity index (χ0) is 14.4. The van der Waals surface area contributed by atoms with Crippen molar-refractivity contribution in [1.29, 1.82) is 0 Å². The lowest BCUT2D eigenvalue weighted by Gasteiger charge is -2.11. The van der Waals surface area contributed by atoms with Crippen LogP contribution in [0.15, 0.2) is 12.7 Å². The molecule has 3 N–H and O–H groups in total. The SMILES string of the molecule is [2H]C(CCOP(=O)(O)OP(=O)(O)O)OC(=O)C=C. The van der Waals surface area contributed by atoms with Gasteiger partial charge in [0.1, 0.15) is 0 Å². The number of carbonyl (C=O) groups is 1. The molecule has 0 aliphatic rings. The van der Waals surface area contributed by atoms with Gasteiger partial charge in [0.05, 0.1) is 14.6 Å². The molecular weight excluding hydrogens is 278 g/mol. The highest BCUT2D eigenvalue weighted by molar-refractivity contribution is 7.60. The third kappa shape index (κ3) is 10.3. The number of hydrogen-bond donors (Lipinski definition) is 3. The molecule has 0 radical (unpaired) electrons. The molecule has 0 saturated carbocycles. The van der Waals surface area contributed by atoms with Crippen LogP contribution in [0.4, 0.5) is 0 Å². The van der Waals surface area contributed by atoms with Crippen molar-refractivity contribution in [1.82, 2.24) is 0 Å². The summed E-state index contributed by atoms with van der Waals surface area (Å²) in [5.74, 6) is -0.853. The van der Waals surface area contributed by atoms with Crippen LogP contribution in [0.2, 0.25) is 0 Å². The normalized spacial score (nSPS) is 17.7. The molecule has 0 aromatic rings. The summed E-state index contributed by atoms with van der Waals surface area (Å²) in [5, 5.41) is 0. The van der Waals surface area contributed by atoms with Gasteiger partial charge in [-0.05, 0) is 0 Å². The topological polar surface area (TPSA) is 140 Å².